The Morgan fingerprint density at radius 2 is 1.85 bits per heavy atom. The summed E-state index contributed by atoms with van der Waals surface area (Å²) in [7, 11) is 0. The fourth-order valence-electron chi connectivity index (χ4n) is 4.15. The highest BCUT2D eigenvalue weighted by atomic mass is 19.4. The number of nitrogens with one attached hydrogen (secondary N) is 3. The minimum absolute atomic E-state index is 0.109. The molecule has 0 aromatic heterocycles. The van der Waals surface area contributed by atoms with Crippen molar-refractivity contribution in [1.82, 2.24) is 15.5 Å². The van der Waals surface area contributed by atoms with E-state index < -0.39 is 36.6 Å². The van der Waals surface area contributed by atoms with Crippen LogP contribution in [0.4, 0.5) is 23.7 Å². The van der Waals surface area contributed by atoms with Gasteiger partial charge in [0.15, 0.2) is 0 Å². The predicted octanol–water partition coefficient (Wildman–Crippen LogP) is 3.26. The number of benzene rings is 2. The van der Waals surface area contributed by atoms with Crippen LogP contribution in [0.15, 0.2) is 48.5 Å². The molecule has 5 amide bonds. The first-order valence-electron chi connectivity index (χ1n) is 10.6. The zero-order valence-electron chi connectivity index (χ0n) is 17.8. The van der Waals surface area contributed by atoms with E-state index in [-0.39, 0.29) is 36.9 Å². The molecule has 2 heterocycles. The van der Waals surface area contributed by atoms with Crippen LogP contribution in [0.2, 0.25) is 0 Å². The van der Waals surface area contributed by atoms with Crippen LogP contribution in [0.1, 0.15) is 46.8 Å². The number of fused-ring (bicyclic) bond motifs is 1. The van der Waals surface area contributed by atoms with Crippen molar-refractivity contribution >= 4 is 29.4 Å². The van der Waals surface area contributed by atoms with E-state index in [1.54, 1.807) is 24.3 Å². The summed E-state index contributed by atoms with van der Waals surface area (Å²) in [6.45, 7) is 0.109. The van der Waals surface area contributed by atoms with Crippen LogP contribution in [-0.2, 0) is 16.1 Å². The van der Waals surface area contributed by atoms with Crippen LogP contribution in [0.3, 0.4) is 0 Å². The molecule has 11 heteroatoms. The van der Waals surface area contributed by atoms with Gasteiger partial charge in [-0.05, 0) is 35.7 Å². The third kappa shape index (κ3) is 5.19. The molecule has 2 aromatic carbocycles. The Balaban J connectivity index is 1.45. The summed E-state index contributed by atoms with van der Waals surface area (Å²) in [5.41, 5.74) is 1.51. The van der Waals surface area contributed by atoms with E-state index in [9.17, 15) is 32.3 Å². The van der Waals surface area contributed by atoms with Gasteiger partial charge in [0.2, 0.25) is 11.8 Å². The maximum absolute atomic E-state index is 13.0. The second kappa shape index (κ2) is 9.16. The fourth-order valence-corrected chi connectivity index (χ4v) is 4.15. The van der Waals surface area contributed by atoms with Crippen LogP contribution in [-0.4, -0.2) is 40.9 Å². The highest BCUT2D eigenvalue weighted by Crippen LogP contribution is 2.31. The molecule has 2 atom stereocenters. The molecular weight excluding hydrogens is 453 g/mol. The maximum Gasteiger partial charge on any atom is 0.391 e. The van der Waals surface area contributed by atoms with Gasteiger partial charge in [0, 0.05) is 24.2 Å². The number of piperidine rings is 1. The molecule has 0 radical (unpaired) electrons. The Bertz CT molecular complexity index is 1140. The number of imide groups is 1. The monoisotopic (exact) mass is 474 g/mol. The van der Waals surface area contributed by atoms with Crippen molar-refractivity contribution in [2.45, 2.75) is 44.1 Å². The van der Waals surface area contributed by atoms with Crippen LogP contribution < -0.4 is 16.0 Å². The molecule has 0 bridgehead atoms. The summed E-state index contributed by atoms with van der Waals surface area (Å²) >= 11 is 0. The molecule has 2 unspecified atom stereocenters. The molecule has 2 aliphatic rings. The molecule has 34 heavy (non-hydrogen) atoms. The van der Waals surface area contributed by atoms with Crippen molar-refractivity contribution < 1.29 is 32.3 Å². The number of nitrogens with zero attached hydrogens (tertiary/aromatic N) is 1. The van der Waals surface area contributed by atoms with Gasteiger partial charge in [-0.25, -0.2) is 4.79 Å². The van der Waals surface area contributed by atoms with E-state index in [1.165, 1.54) is 29.2 Å². The van der Waals surface area contributed by atoms with E-state index in [0.717, 1.165) is 0 Å². The number of urea groups is 1. The number of anilines is 1. The average Bonchev–Trinajstić information content (AvgIpc) is 3.08. The first-order valence-corrected chi connectivity index (χ1v) is 10.6. The van der Waals surface area contributed by atoms with Gasteiger partial charge in [0.25, 0.3) is 5.91 Å². The molecule has 0 aliphatic carbocycles. The molecular formula is C23H21F3N4O4. The molecule has 1 fully saturated rings. The minimum Gasteiger partial charge on any atom is -0.331 e. The fraction of sp³-hybridized carbons (Fsp3) is 0.304. The minimum atomic E-state index is -4.48. The number of halogens is 3. The lowest BCUT2D eigenvalue weighted by molar-refractivity contribution is -0.140. The quantitative estimate of drug-likeness (QED) is 0.578. The van der Waals surface area contributed by atoms with E-state index in [1.807, 2.05) is 0 Å². The van der Waals surface area contributed by atoms with Gasteiger partial charge in [0.05, 0.1) is 12.5 Å². The zero-order valence-corrected chi connectivity index (χ0v) is 17.8. The van der Waals surface area contributed by atoms with Gasteiger partial charge in [0.1, 0.15) is 6.04 Å². The first kappa shape index (κ1) is 23.3. The third-order valence-electron chi connectivity index (χ3n) is 5.72. The molecule has 3 N–H and O–H groups in total. The highest BCUT2D eigenvalue weighted by molar-refractivity contribution is 6.05. The van der Waals surface area contributed by atoms with Gasteiger partial charge in [-0.2, -0.15) is 13.2 Å². The number of carbonyl (C=O) groups is 4. The predicted molar refractivity (Wildman–Crippen MR) is 114 cm³/mol. The van der Waals surface area contributed by atoms with Gasteiger partial charge in [-0.1, -0.05) is 30.3 Å². The number of alkyl halides is 3. The Morgan fingerprint density at radius 3 is 2.53 bits per heavy atom. The average molecular weight is 474 g/mol. The van der Waals surface area contributed by atoms with Crippen LogP contribution in [0.25, 0.3) is 0 Å². The summed E-state index contributed by atoms with van der Waals surface area (Å²) in [5.74, 6) is -1.29. The van der Waals surface area contributed by atoms with E-state index >= 15 is 0 Å². The summed E-state index contributed by atoms with van der Waals surface area (Å²) in [6.07, 6.45) is -5.37. The summed E-state index contributed by atoms with van der Waals surface area (Å²) < 4.78 is 39.1. The molecule has 1 saturated heterocycles. The first-order chi connectivity index (χ1) is 16.1. The van der Waals surface area contributed by atoms with Crippen molar-refractivity contribution in [3.8, 4) is 0 Å². The van der Waals surface area contributed by atoms with Crippen molar-refractivity contribution in [3.05, 3.63) is 65.2 Å². The van der Waals surface area contributed by atoms with Gasteiger partial charge in [-0.15, -0.1) is 0 Å². The van der Waals surface area contributed by atoms with Gasteiger partial charge >= 0.3 is 12.2 Å². The molecule has 4 rings (SSSR count). The largest absolute Gasteiger partial charge is 0.391 e. The highest BCUT2D eigenvalue weighted by Gasteiger charge is 2.39. The summed E-state index contributed by atoms with van der Waals surface area (Å²) in [5, 5.41) is 7.08. The summed E-state index contributed by atoms with van der Waals surface area (Å²) in [4.78, 5) is 50.1. The van der Waals surface area contributed by atoms with Crippen molar-refractivity contribution in [2.24, 2.45) is 0 Å². The smallest absolute Gasteiger partial charge is 0.331 e. The third-order valence-corrected chi connectivity index (χ3v) is 5.72. The number of rotatable bonds is 5. The van der Waals surface area contributed by atoms with E-state index in [4.69, 9.17) is 0 Å². The van der Waals surface area contributed by atoms with Gasteiger partial charge < -0.3 is 15.5 Å². The molecule has 2 aliphatic heterocycles. The standard InChI is InChI=1S/C23H21F3N4O4/c24-23(25,26)11-17(13-4-2-1-3-5-13)28-22(34)27-15-6-7-16-14(10-15)12-30(21(16)33)18-8-9-19(31)29-20(18)32/h1-7,10,17-18H,8-9,11-12H2,(H2,27,28,34)(H,29,31,32). The van der Waals surface area contributed by atoms with Crippen molar-refractivity contribution in [3.63, 3.8) is 0 Å². The Kier molecular flexibility index (Phi) is 6.27. The lowest BCUT2D eigenvalue weighted by Crippen LogP contribution is -2.52. The molecule has 2 aromatic rings. The topological polar surface area (TPSA) is 108 Å². The van der Waals surface area contributed by atoms with Crippen LogP contribution in [0.5, 0.6) is 0 Å². The Labute approximate surface area is 192 Å². The number of hydrogen-bond acceptors (Lipinski definition) is 4. The second-order valence-electron chi connectivity index (χ2n) is 8.15. The van der Waals surface area contributed by atoms with E-state index in [0.29, 0.717) is 16.7 Å². The lowest BCUT2D eigenvalue weighted by Gasteiger charge is -2.29. The SMILES string of the molecule is O=C1CCC(N2Cc3cc(NC(=O)NC(CC(F)(F)F)c4ccccc4)ccc3C2=O)C(=O)N1. The van der Waals surface area contributed by atoms with Crippen LogP contribution >= 0.6 is 0 Å². The number of hydrogen-bond donors (Lipinski definition) is 3. The molecule has 8 nitrogen and oxygen atoms in total. The number of amides is 5. The van der Waals surface area contributed by atoms with Crippen molar-refractivity contribution in [2.75, 3.05) is 5.32 Å². The van der Waals surface area contributed by atoms with Crippen LogP contribution in [0, 0.1) is 0 Å². The second-order valence-corrected chi connectivity index (χ2v) is 8.15. The van der Waals surface area contributed by atoms with E-state index in [2.05, 4.69) is 16.0 Å². The lowest BCUT2D eigenvalue weighted by atomic mass is 10.0. The van der Waals surface area contributed by atoms with Gasteiger partial charge in [-0.3, -0.25) is 19.7 Å². The molecule has 178 valence electrons. The van der Waals surface area contributed by atoms with Crippen molar-refractivity contribution in [1.29, 1.82) is 0 Å². The Morgan fingerprint density at radius 1 is 1.12 bits per heavy atom. The zero-order chi connectivity index (χ0) is 24.5. The number of carbonyl (C=O) groups excluding carboxylic acids is 4. The summed E-state index contributed by atoms with van der Waals surface area (Å²) in [6, 6.07) is 9.46. The molecule has 0 spiro atoms. The maximum atomic E-state index is 13.0. The normalized spacial score (nSPS) is 18.9. The molecule has 0 saturated carbocycles. The Hall–Kier alpha value is -3.89.